The van der Waals surface area contributed by atoms with Crippen molar-refractivity contribution in [2.75, 3.05) is 6.54 Å². The van der Waals surface area contributed by atoms with Crippen molar-refractivity contribution in [2.24, 2.45) is 0 Å². The maximum Gasteiger partial charge on any atom is 0.242 e. The summed E-state index contributed by atoms with van der Waals surface area (Å²) in [5.41, 5.74) is 0. The Morgan fingerprint density at radius 3 is 3.07 bits per heavy atom. The maximum atomic E-state index is 11.4. The minimum Gasteiger partial charge on any atom is -0.353 e. The Morgan fingerprint density at radius 2 is 2.50 bits per heavy atom. The van der Waals surface area contributed by atoms with E-state index in [2.05, 4.69) is 22.5 Å². The van der Waals surface area contributed by atoms with E-state index in [1.807, 2.05) is 0 Å². The Hall–Kier alpha value is -1.50. The van der Waals surface area contributed by atoms with E-state index in [1.54, 1.807) is 6.92 Å². The summed E-state index contributed by atoms with van der Waals surface area (Å²) in [7, 11) is 0. The van der Waals surface area contributed by atoms with E-state index >= 15 is 0 Å². The molecule has 76 valence electrons. The van der Waals surface area contributed by atoms with Crippen molar-refractivity contribution in [3.8, 4) is 11.8 Å². The van der Waals surface area contributed by atoms with Crippen LogP contribution in [0.15, 0.2) is 0 Å². The van der Waals surface area contributed by atoms with E-state index in [0.717, 1.165) is 0 Å². The van der Waals surface area contributed by atoms with Crippen LogP contribution in [0, 0.1) is 11.8 Å². The van der Waals surface area contributed by atoms with Crippen LogP contribution in [0.1, 0.15) is 26.2 Å². The second-order valence-corrected chi connectivity index (χ2v) is 3.13. The fraction of sp³-hybridized carbons (Fsp3) is 0.600. The van der Waals surface area contributed by atoms with E-state index in [0.29, 0.717) is 25.8 Å². The van der Waals surface area contributed by atoms with Gasteiger partial charge in [-0.2, -0.15) is 0 Å². The lowest BCUT2D eigenvalue weighted by molar-refractivity contribution is -0.125. The van der Waals surface area contributed by atoms with Gasteiger partial charge in [0.25, 0.3) is 0 Å². The largest absolute Gasteiger partial charge is 0.353 e. The lowest BCUT2D eigenvalue weighted by Crippen LogP contribution is -2.41. The number of hydrogen-bond donors (Lipinski definition) is 2. The first-order valence-corrected chi connectivity index (χ1v) is 4.70. The number of rotatable bonds is 3. The summed E-state index contributed by atoms with van der Waals surface area (Å²) >= 11 is 0. The minimum atomic E-state index is -0.336. The molecule has 1 aliphatic rings. The van der Waals surface area contributed by atoms with Crippen LogP contribution in [0.5, 0.6) is 0 Å². The third-order valence-electron chi connectivity index (χ3n) is 2.04. The zero-order valence-corrected chi connectivity index (χ0v) is 8.22. The normalized spacial score (nSPS) is 19.5. The molecule has 1 heterocycles. The Bertz CT molecular complexity index is 288. The molecule has 14 heavy (non-hydrogen) atoms. The van der Waals surface area contributed by atoms with Crippen molar-refractivity contribution >= 4 is 11.8 Å². The summed E-state index contributed by atoms with van der Waals surface area (Å²) in [6, 6.07) is -0.336. The highest BCUT2D eigenvalue weighted by Crippen LogP contribution is 2.05. The molecule has 0 saturated carbocycles. The molecule has 4 nitrogen and oxygen atoms in total. The number of nitrogens with one attached hydrogen (secondary N) is 2. The van der Waals surface area contributed by atoms with Gasteiger partial charge in [0.05, 0.1) is 0 Å². The molecule has 0 bridgehead atoms. The zero-order chi connectivity index (χ0) is 10.4. The van der Waals surface area contributed by atoms with Gasteiger partial charge >= 0.3 is 0 Å². The van der Waals surface area contributed by atoms with E-state index in [4.69, 9.17) is 0 Å². The minimum absolute atomic E-state index is 0.0431. The third-order valence-corrected chi connectivity index (χ3v) is 2.04. The second-order valence-electron chi connectivity index (χ2n) is 3.13. The molecule has 0 radical (unpaired) electrons. The van der Waals surface area contributed by atoms with Crippen molar-refractivity contribution in [3.05, 3.63) is 0 Å². The molecule has 1 aliphatic heterocycles. The summed E-state index contributed by atoms with van der Waals surface area (Å²) in [6.45, 7) is 2.31. The molecule has 1 fully saturated rings. The van der Waals surface area contributed by atoms with Gasteiger partial charge in [0.15, 0.2) is 0 Å². The van der Waals surface area contributed by atoms with Crippen molar-refractivity contribution in [3.63, 3.8) is 0 Å². The van der Waals surface area contributed by atoms with Gasteiger partial charge in [-0.25, -0.2) is 0 Å². The van der Waals surface area contributed by atoms with Crippen molar-refractivity contribution < 1.29 is 9.59 Å². The maximum absolute atomic E-state index is 11.4. The van der Waals surface area contributed by atoms with Gasteiger partial charge in [0, 0.05) is 19.4 Å². The summed E-state index contributed by atoms with van der Waals surface area (Å²) < 4.78 is 0. The molecule has 0 aromatic rings. The van der Waals surface area contributed by atoms with Gasteiger partial charge in [-0.15, -0.1) is 11.8 Å². The van der Waals surface area contributed by atoms with Crippen LogP contribution >= 0.6 is 0 Å². The predicted octanol–water partition coefficient (Wildman–Crippen LogP) is -0.205. The lowest BCUT2D eigenvalue weighted by Gasteiger charge is -2.09. The highest BCUT2D eigenvalue weighted by Gasteiger charge is 2.26. The van der Waals surface area contributed by atoms with Gasteiger partial charge in [-0.1, -0.05) is 0 Å². The van der Waals surface area contributed by atoms with Crippen molar-refractivity contribution in [1.82, 2.24) is 10.6 Å². The van der Waals surface area contributed by atoms with Crippen LogP contribution in [-0.4, -0.2) is 24.4 Å². The zero-order valence-electron chi connectivity index (χ0n) is 8.22. The van der Waals surface area contributed by atoms with Crippen LogP contribution in [0.4, 0.5) is 0 Å². The molecule has 0 spiro atoms. The van der Waals surface area contributed by atoms with E-state index in [9.17, 15) is 9.59 Å². The molecule has 1 rings (SSSR count). The highest BCUT2D eigenvalue weighted by atomic mass is 16.2. The standard InChI is InChI=1S/C10H14N2O2/c1-2-3-4-7-11-10(14)8-5-6-9(13)12-8/h8H,4-7H2,1H3,(H,11,14)(H,12,13)/t8-/m1/s1. The lowest BCUT2D eigenvalue weighted by atomic mass is 10.2. The van der Waals surface area contributed by atoms with E-state index in [-0.39, 0.29) is 17.9 Å². The monoisotopic (exact) mass is 194 g/mol. The molecule has 1 atom stereocenters. The molecular weight excluding hydrogens is 180 g/mol. The smallest absolute Gasteiger partial charge is 0.242 e. The van der Waals surface area contributed by atoms with Crippen LogP contribution in [0.2, 0.25) is 0 Å². The summed E-state index contributed by atoms with van der Waals surface area (Å²) in [5, 5.41) is 5.33. The van der Waals surface area contributed by atoms with E-state index < -0.39 is 0 Å². The number of carbonyl (C=O) groups excluding carboxylic acids is 2. The van der Waals surface area contributed by atoms with Crippen LogP contribution < -0.4 is 10.6 Å². The number of hydrogen-bond acceptors (Lipinski definition) is 2. The Labute approximate surface area is 83.4 Å². The second kappa shape index (κ2) is 5.28. The van der Waals surface area contributed by atoms with Gasteiger partial charge < -0.3 is 10.6 Å². The first-order valence-electron chi connectivity index (χ1n) is 4.70. The highest BCUT2D eigenvalue weighted by molar-refractivity contribution is 5.90. The summed E-state index contributed by atoms with van der Waals surface area (Å²) in [4.78, 5) is 22.2. The molecule has 0 aliphatic carbocycles. The van der Waals surface area contributed by atoms with Gasteiger partial charge in [-0.3, -0.25) is 9.59 Å². The molecular formula is C10H14N2O2. The number of carbonyl (C=O) groups is 2. The Morgan fingerprint density at radius 1 is 1.71 bits per heavy atom. The van der Waals surface area contributed by atoms with Crippen LogP contribution in [0.3, 0.4) is 0 Å². The van der Waals surface area contributed by atoms with Gasteiger partial charge in [0.1, 0.15) is 6.04 Å². The fourth-order valence-corrected chi connectivity index (χ4v) is 1.31. The molecule has 1 saturated heterocycles. The molecule has 2 amide bonds. The average Bonchev–Trinajstić information content (AvgIpc) is 2.59. The first kappa shape index (κ1) is 10.6. The first-order chi connectivity index (χ1) is 6.74. The molecule has 0 unspecified atom stereocenters. The quantitative estimate of drug-likeness (QED) is 0.482. The van der Waals surface area contributed by atoms with Gasteiger partial charge in [-0.05, 0) is 13.3 Å². The molecule has 0 aromatic carbocycles. The number of amides is 2. The van der Waals surface area contributed by atoms with Crippen molar-refractivity contribution in [1.29, 1.82) is 0 Å². The van der Waals surface area contributed by atoms with Crippen LogP contribution in [-0.2, 0) is 9.59 Å². The average molecular weight is 194 g/mol. The third kappa shape index (κ3) is 3.09. The van der Waals surface area contributed by atoms with Crippen LogP contribution in [0.25, 0.3) is 0 Å². The van der Waals surface area contributed by atoms with Crippen molar-refractivity contribution in [2.45, 2.75) is 32.2 Å². The Kier molecular flexibility index (Phi) is 3.99. The predicted molar refractivity (Wildman–Crippen MR) is 52.2 cm³/mol. The van der Waals surface area contributed by atoms with Gasteiger partial charge in [0.2, 0.25) is 11.8 Å². The Balaban J connectivity index is 2.20. The summed E-state index contributed by atoms with van der Waals surface area (Å²) in [5.74, 6) is 5.45. The summed E-state index contributed by atoms with van der Waals surface area (Å²) in [6.07, 6.45) is 1.71. The molecule has 2 N–H and O–H groups in total. The van der Waals surface area contributed by atoms with E-state index in [1.165, 1.54) is 0 Å². The molecule has 0 aromatic heterocycles. The topological polar surface area (TPSA) is 58.2 Å². The molecule has 4 heteroatoms. The fourth-order valence-electron chi connectivity index (χ4n) is 1.31. The SMILES string of the molecule is CC#CCCNC(=O)[C@H]1CCC(=O)N1.